The van der Waals surface area contributed by atoms with Crippen molar-refractivity contribution in [2.75, 3.05) is 38.2 Å². The quantitative estimate of drug-likeness (QED) is 0.653. The number of benzene rings is 1. The topological polar surface area (TPSA) is 58.6 Å². The van der Waals surface area contributed by atoms with Crippen LogP contribution in [0.1, 0.15) is 21.6 Å². The van der Waals surface area contributed by atoms with Crippen LogP contribution in [0.5, 0.6) is 0 Å². The molecule has 3 aromatic rings. The Bertz CT molecular complexity index is 982. The predicted octanol–water partition coefficient (Wildman–Crippen LogP) is 3.05. The molecule has 1 aliphatic heterocycles. The molecule has 0 aliphatic carbocycles. The van der Waals surface area contributed by atoms with Gasteiger partial charge in [0.05, 0.1) is 23.9 Å². The van der Waals surface area contributed by atoms with Gasteiger partial charge in [-0.2, -0.15) is 0 Å². The number of rotatable bonds is 4. The van der Waals surface area contributed by atoms with Crippen molar-refractivity contribution >= 4 is 22.7 Å². The Kier molecular flexibility index (Phi) is 5.21. The summed E-state index contributed by atoms with van der Waals surface area (Å²) in [6, 6.07) is 13.9. The average Bonchev–Trinajstić information content (AvgIpc) is 2.75. The molecule has 3 heterocycles. The number of hydrogen-bond donors (Lipinski definition) is 0. The third kappa shape index (κ3) is 3.55. The minimum absolute atomic E-state index is 0.321. The van der Waals surface area contributed by atoms with Crippen LogP contribution < -0.4 is 4.90 Å². The minimum Gasteiger partial charge on any atom is -0.465 e. The van der Waals surface area contributed by atoms with Crippen LogP contribution >= 0.6 is 0 Å². The summed E-state index contributed by atoms with van der Waals surface area (Å²) in [5, 5.41) is 0.992. The lowest BCUT2D eigenvalue weighted by Crippen LogP contribution is -2.46. The number of nitrogens with zero attached hydrogens (tertiary/aromatic N) is 4. The molecule has 0 atom stereocenters. The van der Waals surface area contributed by atoms with Gasteiger partial charge in [-0.1, -0.05) is 24.3 Å². The van der Waals surface area contributed by atoms with Gasteiger partial charge in [-0.25, -0.2) is 9.78 Å². The summed E-state index contributed by atoms with van der Waals surface area (Å²) < 4.78 is 5.06. The lowest BCUT2D eigenvalue weighted by molar-refractivity contribution is 0.0596. The molecule has 0 unspecified atom stereocenters. The summed E-state index contributed by atoms with van der Waals surface area (Å²) in [6.45, 7) is 6.19. The molecule has 1 fully saturated rings. The SMILES string of the molecule is COC(=O)c1c(CN2CCN(c3ccccn3)CC2)nc2ccccc2c1C. The number of pyridine rings is 2. The molecule has 144 valence electrons. The largest absolute Gasteiger partial charge is 0.465 e. The molecular weight excluding hydrogens is 352 g/mol. The molecular formula is C22H24N4O2. The molecule has 0 radical (unpaired) electrons. The third-order valence-electron chi connectivity index (χ3n) is 5.34. The average molecular weight is 376 g/mol. The number of para-hydroxylation sites is 1. The van der Waals surface area contributed by atoms with E-state index in [2.05, 4.69) is 14.8 Å². The molecule has 0 saturated carbocycles. The second kappa shape index (κ2) is 7.94. The number of anilines is 1. The zero-order valence-corrected chi connectivity index (χ0v) is 16.3. The first kappa shape index (κ1) is 18.4. The molecule has 1 aliphatic rings. The van der Waals surface area contributed by atoms with E-state index in [-0.39, 0.29) is 5.97 Å². The number of ether oxygens (including phenoxy) is 1. The second-order valence-corrected chi connectivity index (χ2v) is 7.02. The number of carbonyl (C=O) groups excluding carboxylic acids is 1. The number of carbonyl (C=O) groups is 1. The van der Waals surface area contributed by atoms with Gasteiger partial charge in [-0.05, 0) is 30.7 Å². The smallest absolute Gasteiger partial charge is 0.340 e. The molecule has 0 spiro atoms. The van der Waals surface area contributed by atoms with E-state index in [1.54, 1.807) is 0 Å². The Morgan fingerprint density at radius 3 is 2.54 bits per heavy atom. The van der Waals surface area contributed by atoms with Gasteiger partial charge in [0.25, 0.3) is 0 Å². The predicted molar refractivity (Wildman–Crippen MR) is 110 cm³/mol. The van der Waals surface area contributed by atoms with Gasteiger partial charge in [0.1, 0.15) is 5.82 Å². The molecule has 0 N–H and O–H groups in total. The maximum absolute atomic E-state index is 12.5. The van der Waals surface area contributed by atoms with Gasteiger partial charge in [0.15, 0.2) is 0 Å². The second-order valence-electron chi connectivity index (χ2n) is 7.02. The van der Waals surface area contributed by atoms with Gasteiger partial charge in [0, 0.05) is 44.3 Å². The van der Waals surface area contributed by atoms with Gasteiger partial charge < -0.3 is 9.64 Å². The fourth-order valence-corrected chi connectivity index (χ4v) is 3.82. The number of hydrogen-bond acceptors (Lipinski definition) is 6. The van der Waals surface area contributed by atoms with E-state index >= 15 is 0 Å². The lowest BCUT2D eigenvalue weighted by Gasteiger charge is -2.35. The van der Waals surface area contributed by atoms with Crippen LogP contribution in [0.3, 0.4) is 0 Å². The molecule has 1 aromatic carbocycles. The van der Waals surface area contributed by atoms with Crippen molar-refractivity contribution in [3.63, 3.8) is 0 Å². The van der Waals surface area contributed by atoms with Crippen LogP contribution in [0.25, 0.3) is 10.9 Å². The van der Waals surface area contributed by atoms with Crippen LogP contribution in [0.15, 0.2) is 48.7 Å². The molecule has 6 heteroatoms. The Labute approximate surface area is 164 Å². The van der Waals surface area contributed by atoms with Gasteiger partial charge in [-0.15, -0.1) is 0 Å². The van der Waals surface area contributed by atoms with Gasteiger partial charge >= 0.3 is 5.97 Å². The van der Waals surface area contributed by atoms with Crippen LogP contribution in [-0.4, -0.2) is 54.1 Å². The summed E-state index contributed by atoms with van der Waals surface area (Å²) in [5.41, 5.74) is 3.22. The van der Waals surface area contributed by atoms with Crippen molar-refractivity contribution in [3.05, 3.63) is 65.5 Å². The highest BCUT2D eigenvalue weighted by Crippen LogP contribution is 2.25. The Hall–Kier alpha value is -2.99. The Morgan fingerprint density at radius 2 is 1.82 bits per heavy atom. The van der Waals surface area contributed by atoms with Crippen molar-refractivity contribution in [3.8, 4) is 0 Å². The molecule has 4 rings (SSSR count). The first-order chi connectivity index (χ1) is 13.7. The third-order valence-corrected chi connectivity index (χ3v) is 5.34. The standard InChI is InChI=1S/C22H24N4O2/c1-16-17-7-3-4-8-18(17)24-19(21(16)22(27)28-2)15-25-11-13-26(14-12-25)20-9-5-6-10-23-20/h3-10H,11-15H2,1-2H3. The van der Waals surface area contributed by atoms with E-state index in [9.17, 15) is 4.79 Å². The molecule has 1 saturated heterocycles. The van der Waals surface area contributed by atoms with Crippen LogP contribution in [-0.2, 0) is 11.3 Å². The Morgan fingerprint density at radius 1 is 1.07 bits per heavy atom. The number of methoxy groups -OCH3 is 1. The Balaban J connectivity index is 1.57. The summed E-state index contributed by atoms with van der Waals surface area (Å²) in [4.78, 5) is 26.4. The fourth-order valence-electron chi connectivity index (χ4n) is 3.82. The van der Waals surface area contributed by atoms with Crippen LogP contribution in [0, 0.1) is 6.92 Å². The van der Waals surface area contributed by atoms with E-state index in [1.165, 1.54) is 7.11 Å². The summed E-state index contributed by atoms with van der Waals surface area (Å²) >= 11 is 0. The van der Waals surface area contributed by atoms with Crippen molar-refractivity contribution in [1.82, 2.24) is 14.9 Å². The first-order valence-corrected chi connectivity index (χ1v) is 9.52. The van der Waals surface area contributed by atoms with E-state index < -0.39 is 0 Å². The van der Waals surface area contributed by atoms with Crippen LogP contribution in [0.4, 0.5) is 5.82 Å². The maximum atomic E-state index is 12.5. The van der Waals surface area contributed by atoms with E-state index in [0.29, 0.717) is 12.1 Å². The van der Waals surface area contributed by atoms with E-state index in [4.69, 9.17) is 9.72 Å². The number of aromatic nitrogens is 2. The number of fused-ring (bicyclic) bond motifs is 1. The highest BCUT2D eigenvalue weighted by Gasteiger charge is 2.23. The van der Waals surface area contributed by atoms with Crippen molar-refractivity contribution in [1.29, 1.82) is 0 Å². The minimum atomic E-state index is -0.321. The number of esters is 1. The normalized spacial score (nSPS) is 15.0. The zero-order chi connectivity index (χ0) is 19.5. The molecule has 0 amide bonds. The summed E-state index contributed by atoms with van der Waals surface area (Å²) in [6.07, 6.45) is 1.83. The van der Waals surface area contributed by atoms with Gasteiger partial charge in [-0.3, -0.25) is 9.88 Å². The molecule has 6 nitrogen and oxygen atoms in total. The fraction of sp³-hybridized carbons (Fsp3) is 0.318. The van der Waals surface area contributed by atoms with Crippen molar-refractivity contribution in [2.24, 2.45) is 0 Å². The lowest BCUT2D eigenvalue weighted by atomic mass is 10.0. The summed E-state index contributed by atoms with van der Waals surface area (Å²) in [5.74, 6) is 0.690. The van der Waals surface area contributed by atoms with Crippen molar-refractivity contribution < 1.29 is 9.53 Å². The highest BCUT2D eigenvalue weighted by molar-refractivity contribution is 5.98. The van der Waals surface area contributed by atoms with Gasteiger partial charge in [0.2, 0.25) is 0 Å². The number of piperazine rings is 1. The van der Waals surface area contributed by atoms with Crippen molar-refractivity contribution in [2.45, 2.75) is 13.5 Å². The zero-order valence-electron chi connectivity index (χ0n) is 16.3. The molecule has 2 aromatic heterocycles. The first-order valence-electron chi connectivity index (χ1n) is 9.52. The highest BCUT2D eigenvalue weighted by atomic mass is 16.5. The monoisotopic (exact) mass is 376 g/mol. The van der Waals surface area contributed by atoms with E-state index in [0.717, 1.165) is 54.2 Å². The maximum Gasteiger partial charge on any atom is 0.340 e. The molecule has 0 bridgehead atoms. The van der Waals surface area contributed by atoms with Crippen LogP contribution in [0.2, 0.25) is 0 Å². The summed E-state index contributed by atoms with van der Waals surface area (Å²) in [7, 11) is 1.42. The number of aryl methyl sites for hydroxylation is 1. The molecule has 28 heavy (non-hydrogen) atoms. The van der Waals surface area contributed by atoms with E-state index in [1.807, 2.05) is 55.6 Å².